The largest absolute Gasteiger partial charge is 0.444 e. The molecule has 1 aliphatic heterocycles. The molecule has 0 bridgehead atoms. The number of ether oxygens (including phenoxy) is 2. The fourth-order valence-corrected chi connectivity index (χ4v) is 6.69. The van der Waals surface area contributed by atoms with Gasteiger partial charge in [0.25, 0.3) is 5.91 Å². The highest BCUT2D eigenvalue weighted by Gasteiger charge is 2.46. The van der Waals surface area contributed by atoms with E-state index in [9.17, 15) is 9.59 Å². The van der Waals surface area contributed by atoms with Crippen molar-refractivity contribution in [3.63, 3.8) is 0 Å². The van der Waals surface area contributed by atoms with Crippen LogP contribution in [0.15, 0.2) is 30.5 Å². The minimum absolute atomic E-state index is 0.00815. The van der Waals surface area contributed by atoms with Crippen LogP contribution in [0.25, 0.3) is 10.9 Å². The van der Waals surface area contributed by atoms with Crippen LogP contribution in [0.4, 0.5) is 4.79 Å². The molecule has 1 aromatic heterocycles. The van der Waals surface area contributed by atoms with E-state index in [1.807, 2.05) is 48.8 Å². The Labute approximate surface area is 256 Å². The van der Waals surface area contributed by atoms with Crippen molar-refractivity contribution >= 4 is 32.7 Å². The van der Waals surface area contributed by atoms with Crippen LogP contribution >= 0.6 is 0 Å². The van der Waals surface area contributed by atoms with Gasteiger partial charge in [-0.25, -0.2) is 4.79 Å². The van der Waals surface area contributed by atoms with Gasteiger partial charge in [0.2, 0.25) is 0 Å². The summed E-state index contributed by atoms with van der Waals surface area (Å²) in [5, 5.41) is 1.27. The summed E-state index contributed by atoms with van der Waals surface area (Å²) in [6.45, 7) is 23.9. The summed E-state index contributed by atoms with van der Waals surface area (Å²) >= 11 is 0. The molecule has 8 nitrogen and oxygen atoms in total. The summed E-state index contributed by atoms with van der Waals surface area (Å²) in [5.74, 6) is 0.123. The van der Waals surface area contributed by atoms with Crippen LogP contribution < -0.4 is 0 Å². The predicted molar refractivity (Wildman–Crippen MR) is 173 cm³/mol. The number of hydrogen-bond acceptors (Lipinski definition) is 5. The van der Waals surface area contributed by atoms with Crippen molar-refractivity contribution in [3.05, 3.63) is 36.0 Å². The van der Waals surface area contributed by atoms with Gasteiger partial charge in [0.15, 0.2) is 9.76 Å². The number of fused-ring (bicyclic) bond motifs is 1. The zero-order valence-corrected chi connectivity index (χ0v) is 29.4. The molecule has 9 heteroatoms. The molecule has 236 valence electrons. The van der Waals surface area contributed by atoms with Crippen LogP contribution in [0.1, 0.15) is 86.0 Å². The number of hydrogen-bond donors (Lipinski definition) is 0. The summed E-state index contributed by atoms with van der Waals surface area (Å²) in [7, 11) is 0.888. The molecule has 0 unspecified atom stereocenters. The molecule has 0 N–H and O–H groups in total. The standard InChI is InChI=1S/C33H55N3O5Si/c1-23(2)36(29(37)25-14-13-24-15-17-34(28(24)19-25)16-12-18-39-11)21-26-20-35(30(38)40-31(3,4)5)22-27(26)33(9,10)41-42-32(6,7)8/h13-15,17,19,23,26-27H,12,16,18,20-22,42H2,1-11H3/t26-,27+/m0/s1. The average Bonchev–Trinajstić information content (AvgIpc) is 3.49. The summed E-state index contributed by atoms with van der Waals surface area (Å²) in [6.07, 6.45) is 2.68. The second-order valence-electron chi connectivity index (χ2n) is 14.9. The highest BCUT2D eigenvalue weighted by molar-refractivity contribution is 6.31. The number of nitrogens with zero attached hydrogens (tertiary/aromatic N) is 3. The maximum Gasteiger partial charge on any atom is 0.410 e. The Bertz CT molecular complexity index is 1210. The number of rotatable bonds is 11. The van der Waals surface area contributed by atoms with Crippen LogP contribution in [-0.4, -0.2) is 86.7 Å². The minimum atomic E-state index is -0.827. The van der Waals surface area contributed by atoms with Crippen molar-refractivity contribution in [1.82, 2.24) is 14.4 Å². The van der Waals surface area contributed by atoms with E-state index >= 15 is 0 Å². The Balaban J connectivity index is 1.88. The second kappa shape index (κ2) is 13.5. The fourth-order valence-electron chi connectivity index (χ4n) is 5.67. The molecule has 3 rings (SSSR count). The van der Waals surface area contributed by atoms with Crippen LogP contribution in [-0.2, 0) is 20.4 Å². The Morgan fingerprint density at radius 3 is 2.33 bits per heavy atom. The van der Waals surface area contributed by atoms with E-state index in [-0.39, 0.29) is 34.9 Å². The lowest BCUT2D eigenvalue weighted by molar-refractivity contribution is 0.0139. The summed E-state index contributed by atoms with van der Waals surface area (Å²) in [5.41, 5.74) is 0.721. The molecule has 1 aliphatic rings. The number of likely N-dealkylation sites (tertiary alicyclic amines) is 1. The first kappa shape index (κ1) is 34.1. The third kappa shape index (κ3) is 9.07. The van der Waals surface area contributed by atoms with E-state index in [1.54, 1.807) is 7.11 Å². The molecule has 2 heterocycles. The maximum atomic E-state index is 14.1. The Morgan fingerprint density at radius 2 is 1.74 bits per heavy atom. The van der Waals surface area contributed by atoms with Crippen molar-refractivity contribution in [2.45, 2.75) is 104 Å². The van der Waals surface area contributed by atoms with Crippen LogP contribution in [0, 0.1) is 11.8 Å². The topological polar surface area (TPSA) is 73.2 Å². The van der Waals surface area contributed by atoms with E-state index in [2.05, 4.69) is 65.3 Å². The molecule has 42 heavy (non-hydrogen) atoms. The second-order valence-corrected chi connectivity index (χ2v) is 17.6. The van der Waals surface area contributed by atoms with Gasteiger partial charge in [0.05, 0.1) is 5.60 Å². The monoisotopic (exact) mass is 601 g/mol. The van der Waals surface area contributed by atoms with E-state index in [0.29, 0.717) is 31.8 Å². The van der Waals surface area contributed by atoms with Gasteiger partial charge in [0, 0.05) is 75.1 Å². The maximum absolute atomic E-state index is 14.1. The van der Waals surface area contributed by atoms with Crippen LogP contribution in [0.3, 0.4) is 0 Å². The molecular weight excluding hydrogens is 546 g/mol. The molecule has 0 aliphatic carbocycles. The van der Waals surface area contributed by atoms with Gasteiger partial charge in [-0.2, -0.15) is 0 Å². The van der Waals surface area contributed by atoms with Crippen molar-refractivity contribution in [2.24, 2.45) is 11.8 Å². The number of amides is 2. The van der Waals surface area contributed by atoms with E-state index in [1.165, 1.54) is 0 Å². The number of aromatic nitrogens is 1. The number of aryl methyl sites for hydroxylation is 1. The summed E-state index contributed by atoms with van der Waals surface area (Å²) < 4.78 is 19.8. The lowest BCUT2D eigenvalue weighted by Gasteiger charge is -2.39. The van der Waals surface area contributed by atoms with Crippen molar-refractivity contribution < 1.29 is 23.5 Å². The highest BCUT2D eigenvalue weighted by Crippen LogP contribution is 2.38. The summed E-state index contributed by atoms with van der Waals surface area (Å²) in [6, 6.07) is 8.06. The molecule has 1 saturated heterocycles. The molecule has 1 fully saturated rings. The van der Waals surface area contributed by atoms with Gasteiger partial charge in [-0.1, -0.05) is 26.8 Å². The Hall–Kier alpha value is -2.36. The summed E-state index contributed by atoms with van der Waals surface area (Å²) in [4.78, 5) is 31.0. The van der Waals surface area contributed by atoms with Crippen LogP contribution in [0.2, 0.25) is 5.04 Å². The number of carbonyl (C=O) groups excluding carboxylic acids is 2. The predicted octanol–water partition coefficient (Wildman–Crippen LogP) is 6.11. The average molecular weight is 602 g/mol. The first-order valence-electron chi connectivity index (χ1n) is 15.4. The number of carbonyl (C=O) groups is 2. The van der Waals surface area contributed by atoms with Gasteiger partial charge in [-0.05, 0) is 83.5 Å². The normalized spacial score (nSPS) is 18.5. The quantitative estimate of drug-likeness (QED) is 0.230. The first-order valence-corrected chi connectivity index (χ1v) is 16.7. The van der Waals surface area contributed by atoms with E-state index < -0.39 is 21.0 Å². The lowest BCUT2D eigenvalue weighted by Crippen LogP contribution is -2.47. The molecular formula is C33H55N3O5Si. The Kier molecular flexibility index (Phi) is 11.0. The highest BCUT2D eigenvalue weighted by atomic mass is 28.2. The first-order chi connectivity index (χ1) is 19.4. The van der Waals surface area contributed by atoms with E-state index in [4.69, 9.17) is 13.9 Å². The van der Waals surface area contributed by atoms with Gasteiger partial charge >= 0.3 is 6.09 Å². The van der Waals surface area contributed by atoms with Gasteiger partial charge in [-0.15, -0.1) is 0 Å². The molecule has 2 atom stereocenters. The lowest BCUT2D eigenvalue weighted by atomic mass is 9.82. The smallest absolute Gasteiger partial charge is 0.410 e. The molecule has 2 aromatic rings. The molecule has 0 spiro atoms. The van der Waals surface area contributed by atoms with Crippen molar-refractivity contribution in [1.29, 1.82) is 0 Å². The molecule has 0 saturated carbocycles. The molecule has 1 aromatic carbocycles. The van der Waals surface area contributed by atoms with Gasteiger partial charge in [-0.3, -0.25) is 4.79 Å². The SMILES string of the molecule is COCCCn1ccc2ccc(C(=O)N(C[C@@H]3CN(C(=O)OC(C)(C)C)C[C@H]3C(C)(C)O[SiH2]C(C)(C)C)C(C)C)cc21. The fraction of sp³-hybridized carbons (Fsp3) is 0.697. The number of benzene rings is 1. The third-order valence-corrected chi connectivity index (χ3v) is 9.70. The Morgan fingerprint density at radius 1 is 1.05 bits per heavy atom. The number of methoxy groups -OCH3 is 1. The third-order valence-electron chi connectivity index (χ3n) is 7.95. The minimum Gasteiger partial charge on any atom is -0.444 e. The van der Waals surface area contributed by atoms with Crippen molar-refractivity contribution in [2.75, 3.05) is 33.4 Å². The van der Waals surface area contributed by atoms with E-state index in [0.717, 1.165) is 23.9 Å². The zero-order chi connectivity index (χ0) is 31.5. The molecule has 2 amide bonds. The van der Waals surface area contributed by atoms with Crippen LogP contribution in [0.5, 0.6) is 0 Å². The van der Waals surface area contributed by atoms with Gasteiger partial charge < -0.3 is 28.3 Å². The molecule has 0 radical (unpaired) electrons. The zero-order valence-electron chi connectivity index (χ0n) is 28.0. The van der Waals surface area contributed by atoms with Gasteiger partial charge in [0.1, 0.15) is 5.60 Å². The van der Waals surface area contributed by atoms with Crippen molar-refractivity contribution in [3.8, 4) is 0 Å².